The standard InChI is InChI=1S/C15H21NO3/c1-4-18-15(17)11(3)16-14-10(2)9-19-13-8-6-5-7-12(13)14/h5-8,10-11,14,16H,4,9H2,1-3H3. The van der Waals surface area contributed by atoms with E-state index in [0.29, 0.717) is 19.1 Å². The van der Waals surface area contributed by atoms with Crippen LogP contribution in [0.5, 0.6) is 5.75 Å². The molecular formula is C15H21NO3. The van der Waals surface area contributed by atoms with Gasteiger partial charge in [0.1, 0.15) is 11.8 Å². The highest BCUT2D eigenvalue weighted by atomic mass is 16.5. The third kappa shape index (κ3) is 3.07. The number of carbonyl (C=O) groups excluding carboxylic acids is 1. The summed E-state index contributed by atoms with van der Waals surface area (Å²) in [7, 11) is 0. The van der Waals surface area contributed by atoms with Crippen LogP contribution in [0.15, 0.2) is 24.3 Å². The molecule has 1 aliphatic rings. The van der Waals surface area contributed by atoms with Crippen molar-refractivity contribution in [3.63, 3.8) is 0 Å². The second-order valence-electron chi connectivity index (χ2n) is 4.94. The van der Waals surface area contributed by atoms with Crippen molar-refractivity contribution in [1.29, 1.82) is 0 Å². The minimum absolute atomic E-state index is 0.115. The molecule has 1 heterocycles. The SMILES string of the molecule is CCOC(=O)C(C)NC1c2ccccc2OCC1C. The zero-order valence-electron chi connectivity index (χ0n) is 11.7. The zero-order valence-corrected chi connectivity index (χ0v) is 11.7. The van der Waals surface area contributed by atoms with Crippen molar-refractivity contribution < 1.29 is 14.3 Å². The summed E-state index contributed by atoms with van der Waals surface area (Å²) in [5.41, 5.74) is 1.11. The average molecular weight is 263 g/mol. The van der Waals surface area contributed by atoms with E-state index in [1.807, 2.05) is 38.1 Å². The molecule has 0 radical (unpaired) electrons. The van der Waals surface area contributed by atoms with Gasteiger partial charge in [0, 0.05) is 17.5 Å². The van der Waals surface area contributed by atoms with E-state index in [4.69, 9.17) is 9.47 Å². The molecule has 0 aliphatic carbocycles. The Labute approximate surface area is 114 Å². The molecule has 2 rings (SSSR count). The molecule has 4 nitrogen and oxygen atoms in total. The van der Waals surface area contributed by atoms with Gasteiger partial charge in [-0.25, -0.2) is 0 Å². The van der Waals surface area contributed by atoms with Gasteiger partial charge in [-0.2, -0.15) is 0 Å². The Balaban J connectivity index is 2.13. The molecule has 104 valence electrons. The lowest BCUT2D eigenvalue weighted by molar-refractivity contribution is -0.145. The van der Waals surface area contributed by atoms with E-state index in [-0.39, 0.29) is 18.1 Å². The summed E-state index contributed by atoms with van der Waals surface area (Å²) in [4.78, 5) is 11.7. The molecule has 19 heavy (non-hydrogen) atoms. The quantitative estimate of drug-likeness (QED) is 0.847. The highest BCUT2D eigenvalue weighted by Gasteiger charge is 2.30. The highest BCUT2D eigenvalue weighted by molar-refractivity contribution is 5.75. The first-order chi connectivity index (χ1) is 9.13. The molecule has 0 bridgehead atoms. The Morgan fingerprint density at radius 1 is 1.53 bits per heavy atom. The van der Waals surface area contributed by atoms with Crippen molar-refractivity contribution in [3.8, 4) is 5.75 Å². The van der Waals surface area contributed by atoms with Gasteiger partial charge in [0.25, 0.3) is 0 Å². The Morgan fingerprint density at radius 3 is 3.00 bits per heavy atom. The van der Waals surface area contributed by atoms with E-state index < -0.39 is 0 Å². The summed E-state index contributed by atoms with van der Waals surface area (Å²) < 4.78 is 10.7. The molecule has 0 saturated carbocycles. The number of esters is 1. The second kappa shape index (κ2) is 6.06. The van der Waals surface area contributed by atoms with Gasteiger partial charge in [-0.1, -0.05) is 25.1 Å². The van der Waals surface area contributed by atoms with Gasteiger partial charge in [0.05, 0.1) is 13.2 Å². The van der Waals surface area contributed by atoms with Crippen LogP contribution in [0.1, 0.15) is 32.4 Å². The summed E-state index contributed by atoms with van der Waals surface area (Å²) in [6.07, 6.45) is 0. The summed E-state index contributed by atoms with van der Waals surface area (Å²) in [5.74, 6) is 1.000. The van der Waals surface area contributed by atoms with Crippen molar-refractivity contribution in [2.45, 2.75) is 32.9 Å². The first kappa shape index (κ1) is 13.9. The number of hydrogen-bond donors (Lipinski definition) is 1. The fourth-order valence-electron chi connectivity index (χ4n) is 2.35. The molecular weight excluding hydrogens is 242 g/mol. The highest BCUT2D eigenvalue weighted by Crippen LogP contribution is 2.35. The minimum Gasteiger partial charge on any atom is -0.493 e. The number of rotatable bonds is 4. The van der Waals surface area contributed by atoms with Crippen LogP contribution in [-0.4, -0.2) is 25.2 Å². The van der Waals surface area contributed by atoms with Crippen LogP contribution in [0, 0.1) is 5.92 Å². The topological polar surface area (TPSA) is 47.6 Å². The maximum absolute atomic E-state index is 11.7. The van der Waals surface area contributed by atoms with Gasteiger partial charge in [0.2, 0.25) is 0 Å². The maximum atomic E-state index is 11.7. The van der Waals surface area contributed by atoms with Gasteiger partial charge in [0.15, 0.2) is 0 Å². The fraction of sp³-hybridized carbons (Fsp3) is 0.533. The van der Waals surface area contributed by atoms with E-state index in [9.17, 15) is 4.79 Å². The van der Waals surface area contributed by atoms with Crippen LogP contribution in [0.2, 0.25) is 0 Å². The third-order valence-electron chi connectivity index (χ3n) is 3.39. The molecule has 4 heteroatoms. The van der Waals surface area contributed by atoms with Crippen LogP contribution >= 0.6 is 0 Å². The van der Waals surface area contributed by atoms with E-state index in [0.717, 1.165) is 11.3 Å². The van der Waals surface area contributed by atoms with E-state index in [1.54, 1.807) is 0 Å². The normalized spacial score (nSPS) is 23.1. The predicted molar refractivity (Wildman–Crippen MR) is 73.1 cm³/mol. The van der Waals surface area contributed by atoms with Crippen LogP contribution < -0.4 is 10.1 Å². The molecule has 1 aromatic carbocycles. The first-order valence-electron chi connectivity index (χ1n) is 6.78. The van der Waals surface area contributed by atoms with Crippen molar-refractivity contribution in [2.75, 3.05) is 13.2 Å². The van der Waals surface area contributed by atoms with Gasteiger partial charge >= 0.3 is 5.97 Å². The van der Waals surface area contributed by atoms with Crippen molar-refractivity contribution in [3.05, 3.63) is 29.8 Å². The molecule has 1 N–H and O–H groups in total. The smallest absolute Gasteiger partial charge is 0.322 e. The predicted octanol–water partition coefficient (Wildman–Crippen LogP) is 2.30. The van der Waals surface area contributed by atoms with E-state index >= 15 is 0 Å². The molecule has 0 spiro atoms. The number of ether oxygens (including phenoxy) is 2. The first-order valence-corrected chi connectivity index (χ1v) is 6.78. The zero-order chi connectivity index (χ0) is 13.8. The van der Waals surface area contributed by atoms with Crippen LogP contribution in [-0.2, 0) is 9.53 Å². The number of benzene rings is 1. The molecule has 0 saturated heterocycles. The summed E-state index contributed by atoms with van der Waals surface area (Å²) in [5, 5.41) is 3.35. The Bertz CT molecular complexity index is 447. The lowest BCUT2D eigenvalue weighted by atomic mass is 9.91. The molecule has 1 aliphatic heterocycles. The molecule has 0 aromatic heterocycles. The Hall–Kier alpha value is -1.55. The van der Waals surface area contributed by atoms with E-state index in [1.165, 1.54) is 0 Å². The molecule has 0 amide bonds. The van der Waals surface area contributed by atoms with Gasteiger partial charge in [-0.15, -0.1) is 0 Å². The van der Waals surface area contributed by atoms with Gasteiger partial charge in [-0.3, -0.25) is 10.1 Å². The number of para-hydroxylation sites is 1. The minimum atomic E-state index is -0.321. The Kier molecular flexibility index (Phi) is 4.43. The lowest BCUT2D eigenvalue weighted by Crippen LogP contribution is -2.43. The number of carbonyl (C=O) groups is 1. The fourth-order valence-corrected chi connectivity index (χ4v) is 2.35. The summed E-state index contributed by atoms with van der Waals surface area (Å²) in [6, 6.07) is 7.75. The largest absolute Gasteiger partial charge is 0.493 e. The average Bonchev–Trinajstić information content (AvgIpc) is 2.42. The lowest BCUT2D eigenvalue weighted by Gasteiger charge is -2.33. The summed E-state index contributed by atoms with van der Waals surface area (Å²) >= 11 is 0. The Morgan fingerprint density at radius 2 is 2.26 bits per heavy atom. The molecule has 3 unspecified atom stereocenters. The van der Waals surface area contributed by atoms with Gasteiger partial charge < -0.3 is 9.47 Å². The van der Waals surface area contributed by atoms with Crippen molar-refractivity contribution in [2.24, 2.45) is 5.92 Å². The van der Waals surface area contributed by atoms with Crippen LogP contribution in [0.3, 0.4) is 0 Å². The number of nitrogens with one attached hydrogen (secondary N) is 1. The number of hydrogen-bond acceptors (Lipinski definition) is 4. The molecule has 1 aromatic rings. The number of fused-ring (bicyclic) bond motifs is 1. The maximum Gasteiger partial charge on any atom is 0.322 e. The second-order valence-corrected chi connectivity index (χ2v) is 4.94. The van der Waals surface area contributed by atoms with Crippen LogP contribution in [0.25, 0.3) is 0 Å². The monoisotopic (exact) mass is 263 g/mol. The molecule has 3 atom stereocenters. The molecule has 0 fully saturated rings. The van der Waals surface area contributed by atoms with Crippen LogP contribution in [0.4, 0.5) is 0 Å². The van der Waals surface area contributed by atoms with Crippen molar-refractivity contribution in [1.82, 2.24) is 5.32 Å². The van der Waals surface area contributed by atoms with E-state index in [2.05, 4.69) is 12.2 Å². The third-order valence-corrected chi connectivity index (χ3v) is 3.39. The summed E-state index contributed by atoms with van der Waals surface area (Å²) in [6.45, 7) is 6.83. The van der Waals surface area contributed by atoms with Crippen molar-refractivity contribution >= 4 is 5.97 Å². The van der Waals surface area contributed by atoms with Gasteiger partial charge in [-0.05, 0) is 19.9 Å².